The Bertz CT molecular complexity index is 2230. The van der Waals surface area contributed by atoms with Crippen molar-refractivity contribution in [2.45, 2.75) is 78.6 Å². The summed E-state index contributed by atoms with van der Waals surface area (Å²) >= 11 is 0. The van der Waals surface area contributed by atoms with Crippen molar-refractivity contribution in [1.82, 2.24) is 0 Å². The van der Waals surface area contributed by atoms with E-state index >= 15 is 0 Å². The second-order valence-corrected chi connectivity index (χ2v) is 38.5. The number of nitriles is 2. The lowest BCUT2D eigenvalue weighted by Crippen LogP contribution is -2.37. The van der Waals surface area contributed by atoms with Crippen LogP contribution in [0, 0.1) is 22.7 Å². The van der Waals surface area contributed by atoms with Crippen molar-refractivity contribution in [3.8, 4) is 34.4 Å². The fourth-order valence-electron chi connectivity index (χ4n) is 7.27. The number of nitrogens with zero attached hydrogens (tertiary/aromatic N) is 2. The highest BCUT2D eigenvalue weighted by atomic mass is 28.3. The second kappa shape index (κ2) is 12.3. The van der Waals surface area contributed by atoms with Crippen LogP contribution in [0.15, 0.2) is 84.9 Å². The molecule has 0 fully saturated rings. The lowest BCUT2D eigenvalue weighted by Gasteiger charge is -2.25. The molecule has 0 unspecified atom stereocenters. The Morgan fingerprint density at radius 3 is 0.900 bits per heavy atom. The van der Waals surface area contributed by atoms with Gasteiger partial charge >= 0.3 is 0 Å². The van der Waals surface area contributed by atoms with E-state index < -0.39 is 32.3 Å². The molecule has 0 heterocycles. The first-order valence-corrected chi connectivity index (χ1v) is 31.8. The van der Waals surface area contributed by atoms with Gasteiger partial charge in [-0.1, -0.05) is 184 Å². The molecule has 0 N–H and O–H groups in total. The molecule has 6 rings (SSSR count). The van der Waals surface area contributed by atoms with Crippen LogP contribution in [0.25, 0.3) is 54.6 Å². The zero-order valence-corrected chi connectivity index (χ0v) is 36.0. The number of hydrogen-bond acceptors (Lipinski definition) is 2. The third-order valence-electron chi connectivity index (χ3n) is 10.4. The molecular formula is C44H50N2Si4. The summed E-state index contributed by atoms with van der Waals surface area (Å²) in [5.74, 6) is 0. The van der Waals surface area contributed by atoms with Crippen LogP contribution in [0.5, 0.6) is 0 Å². The van der Waals surface area contributed by atoms with Gasteiger partial charge in [-0.3, -0.25) is 0 Å². The second-order valence-electron chi connectivity index (χ2n) is 18.1. The van der Waals surface area contributed by atoms with Crippen molar-refractivity contribution in [2.75, 3.05) is 0 Å². The predicted octanol–water partition coefficient (Wildman–Crippen LogP) is 10.4. The van der Waals surface area contributed by atoms with Crippen LogP contribution in [-0.4, -0.2) is 32.3 Å². The zero-order valence-electron chi connectivity index (χ0n) is 32.0. The summed E-state index contributed by atoms with van der Waals surface area (Å²) in [6, 6.07) is 37.2. The highest BCUT2D eigenvalue weighted by molar-refractivity contribution is 6.90. The van der Waals surface area contributed by atoms with Crippen LogP contribution >= 0.6 is 0 Å². The van der Waals surface area contributed by atoms with Crippen LogP contribution in [0.3, 0.4) is 0 Å². The van der Waals surface area contributed by atoms with Crippen molar-refractivity contribution in [1.29, 1.82) is 10.5 Å². The van der Waals surface area contributed by atoms with Gasteiger partial charge in [-0.2, -0.15) is 10.5 Å². The monoisotopic (exact) mass is 718 g/mol. The Morgan fingerprint density at radius 1 is 0.360 bits per heavy atom. The van der Waals surface area contributed by atoms with Gasteiger partial charge in [0.05, 0.1) is 43.4 Å². The lowest BCUT2D eigenvalue weighted by atomic mass is 9.80. The Labute approximate surface area is 303 Å². The molecule has 0 aliphatic carbocycles. The first-order chi connectivity index (χ1) is 23.3. The molecule has 252 valence electrons. The van der Waals surface area contributed by atoms with Gasteiger partial charge in [0.2, 0.25) is 0 Å². The summed E-state index contributed by atoms with van der Waals surface area (Å²) in [7, 11) is -6.51. The Kier molecular flexibility index (Phi) is 8.81. The molecule has 0 amide bonds. The Morgan fingerprint density at radius 2 is 0.640 bits per heavy atom. The highest BCUT2D eigenvalue weighted by Gasteiger charge is 2.28. The maximum absolute atomic E-state index is 11.2. The summed E-state index contributed by atoms with van der Waals surface area (Å²) in [6.07, 6.45) is 0. The third kappa shape index (κ3) is 6.24. The standard InChI is InChI=1S/C44H50N2Si4/c1-47(2,3)31-17-13-29(14-18-31)41-35-23-21-33(49(7,8)9)25-37(35)40(28-46)44-42(30-15-19-32(20-16-30)48(4,5)6)36-24-22-34(50(10,11)12)26-38(36)39(27-45)43(41)44/h13-26H,1-12H3. The Hall–Kier alpha value is -4.05. The van der Waals surface area contributed by atoms with E-state index in [0.29, 0.717) is 11.1 Å². The van der Waals surface area contributed by atoms with E-state index in [2.05, 4.69) is 176 Å². The van der Waals surface area contributed by atoms with Crippen LogP contribution in [0.1, 0.15) is 11.1 Å². The summed E-state index contributed by atoms with van der Waals surface area (Å²) in [5, 5.41) is 33.7. The first kappa shape index (κ1) is 35.8. The van der Waals surface area contributed by atoms with E-state index in [4.69, 9.17) is 0 Å². The molecule has 6 heteroatoms. The summed E-state index contributed by atoms with van der Waals surface area (Å²) in [5.41, 5.74) is 5.60. The number of rotatable bonds is 6. The van der Waals surface area contributed by atoms with E-state index in [0.717, 1.165) is 54.6 Å². The molecule has 0 aliphatic rings. The molecule has 0 bridgehead atoms. The Balaban J connectivity index is 1.93. The molecule has 0 saturated carbocycles. The third-order valence-corrected chi connectivity index (χ3v) is 18.6. The fourth-order valence-corrected chi connectivity index (χ4v) is 11.9. The summed E-state index contributed by atoms with van der Waals surface area (Å²) in [4.78, 5) is 0. The van der Waals surface area contributed by atoms with Crippen molar-refractivity contribution in [3.05, 3.63) is 96.1 Å². The highest BCUT2D eigenvalue weighted by Crippen LogP contribution is 2.48. The molecule has 2 nitrogen and oxygen atoms in total. The van der Waals surface area contributed by atoms with Crippen molar-refractivity contribution < 1.29 is 0 Å². The minimum absolute atomic E-state index is 0.662. The molecule has 0 spiro atoms. The van der Waals surface area contributed by atoms with Gasteiger partial charge in [0.1, 0.15) is 12.1 Å². The normalized spacial score (nSPS) is 12.8. The zero-order chi connectivity index (χ0) is 36.6. The molecule has 0 atom stereocenters. The maximum atomic E-state index is 11.2. The smallest absolute Gasteiger partial charge is 0.100 e. The van der Waals surface area contributed by atoms with Crippen molar-refractivity contribution in [2.24, 2.45) is 0 Å². The van der Waals surface area contributed by atoms with Crippen LogP contribution in [0.2, 0.25) is 78.6 Å². The van der Waals surface area contributed by atoms with Gasteiger partial charge in [-0.05, 0) is 33.0 Å². The topological polar surface area (TPSA) is 47.6 Å². The average molecular weight is 719 g/mol. The van der Waals surface area contributed by atoms with Crippen LogP contribution in [0.4, 0.5) is 0 Å². The minimum Gasteiger partial charge on any atom is -0.192 e. The molecule has 50 heavy (non-hydrogen) atoms. The van der Waals surface area contributed by atoms with Crippen molar-refractivity contribution >= 4 is 85.4 Å². The quantitative estimate of drug-likeness (QED) is 0.127. The van der Waals surface area contributed by atoms with Crippen molar-refractivity contribution in [3.63, 3.8) is 0 Å². The van der Waals surface area contributed by atoms with E-state index in [1.165, 1.54) is 20.7 Å². The number of fused-ring (bicyclic) bond motifs is 3. The van der Waals surface area contributed by atoms with Gasteiger partial charge in [0.15, 0.2) is 0 Å². The van der Waals surface area contributed by atoms with E-state index in [9.17, 15) is 10.5 Å². The SMILES string of the molecule is C[Si](C)(C)c1ccc(-c2c3ccc([Si](C)(C)C)cc3c(C#N)c3c(-c4ccc([Si](C)(C)C)cc4)c4ccc([Si](C)(C)C)cc4c(C#N)c23)cc1. The van der Waals surface area contributed by atoms with E-state index in [-0.39, 0.29) is 0 Å². The van der Waals surface area contributed by atoms with E-state index in [1.54, 1.807) is 0 Å². The maximum Gasteiger partial charge on any atom is 0.100 e. The first-order valence-electron chi connectivity index (χ1n) is 17.8. The number of hydrogen-bond donors (Lipinski definition) is 0. The lowest BCUT2D eigenvalue weighted by molar-refractivity contribution is 1.50. The van der Waals surface area contributed by atoms with Gasteiger partial charge in [-0.15, -0.1) is 0 Å². The molecule has 0 aliphatic heterocycles. The van der Waals surface area contributed by atoms with E-state index in [1.807, 2.05) is 0 Å². The van der Waals surface area contributed by atoms with Gasteiger partial charge < -0.3 is 0 Å². The average Bonchev–Trinajstić information content (AvgIpc) is 3.04. The summed E-state index contributed by atoms with van der Waals surface area (Å²) < 4.78 is 0. The van der Waals surface area contributed by atoms with Gasteiger partial charge in [0.25, 0.3) is 0 Å². The molecule has 0 aromatic heterocycles. The van der Waals surface area contributed by atoms with Gasteiger partial charge in [0, 0.05) is 21.5 Å². The fraction of sp³-hybridized carbons (Fsp3) is 0.273. The van der Waals surface area contributed by atoms with Crippen LogP contribution < -0.4 is 20.7 Å². The summed E-state index contributed by atoms with van der Waals surface area (Å²) in [6.45, 7) is 28.4. The van der Waals surface area contributed by atoms with Crippen LogP contribution in [-0.2, 0) is 0 Å². The molecular weight excluding hydrogens is 669 g/mol. The predicted molar refractivity (Wildman–Crippen MR) is 231 cm³/mol. The van der Waals surface area contributed by atoms with Gasteiger partial charge in [-0.25, -0.2) is 0 Å². The molecule has 6 aromatic carbocycles. The molecule has 0 radical (unpaired) electrons. The minimum atomic E-state index is -1.72. The number of benzene rings is 6. The largest absolute Gasteiger partial charge is 0.192 e. The molecule has 6 aromatic rings. The molecule has 0 saturated heterocycles.